The fourth-order valence-electron chi connectivity index (χ4n) is 2.96. The number of nitro groups is 1. The number of carbonyl (C=O) groups excluding carboxylic acids is 1. The van der Waals surface area contributed by atoms with Crippen LogP contribution in [0, 0.1) is 22.0 Å². The van der Waals surface area contributed by atoms with Crippen molar-refractivity contribution in [3.8, 4) is 5.75 Å². The van der Waals surface area contributed by atoms with Gasteiger partial charge in [0.2, 0.25) is 0 Å². The molecule has 1 amide bonds. The van der Waals surface area contributed by atoms with Crippen LogP contribution in [0.1, 0.15) is 37.6 Å². The Bertz CT molecular complexity index is 573. The molecule has 1 aliphatic rings. The van der Waals surface area contributed by atoms with Crippen molar-refractivity contribution in [2.75, 3.05) is 6.54 Å². The Hall–Kier alpha value is -2.11. The molecule has 0 radical (unpaired) electrons. The molecule has 3 atom stereocenters. The van der Waals surface area contributed by atoms with E-state index in [2.05, 4.69) is 13.8 Å². The standard InChI is InChI=1S/C15H20N2O4/c1-9-6-10(2)11(3)16(8-9)15(19)12-4-5-13(17(20)21)14(18)7-12/h4-5,7,9-11,18H,6,8H2,1-3H3. The number of carbonyl (C=O) groups is 1. The van der Waals surface area contributed by atoms with Gasteiger partial charge in [0.25, 0.3) is 5.91 Å². The molecule has 3 unspecified atom stereocenters. The predicted octanol–water partition coefficient (Wildman–Crippen LogP) is 2.81. The SMILES string of the molecule is CC1CC(C)C(C)N(C(=O)c2ccc([N+](=O)[O-])c(O)c2)C1. The molecular formula is C15H20N2O4. The summed E-state index contributed by atoms with van der Waals surface area (Å²) in [6.07, 6.45) is 1.08. The third kappa shape index (κ3) is 2.99. The van der Waals surface area contributed by atoms with Gasteiger partial charge in [-0.05, 0) is 37.3 Å². The molecule has 1 fully saturated rings. The molecule has 6 heteroatoms. The van der Waals surface area contributed by atoms with E-state index in [-0.39, 0.29) is 23.2 Å². The Morgan fingerprint density at radius 3 is 2.62 bits per heavy atom. The Labute approximate surface area is 123 Å². The van der Waals surface area contributed by atoms with Gasteiger partial charge >= 0.3 is 5.69 Å². The molecule has 1 aromatic carbocycles. The maximum Gasteiger partial charge on any atom is 0.310 e. The third-order valence-corrected chi connectivity index (χ3v) is 4.28. The van der Waals surface area contributed by atoms with Crippen LogP contribution >= 0.6 is 0 Å². The summed E-state index contributed by atoms with van der Waals surface area (Å²) >= 11 is 0. The predicted molar refractivity (Wildman–Crippen MR) is 78.2 cm³/mol. The van der Waals surface area contributed by atoms with Gasteiger partial charge in [0.1, 0.15) is 0 Å². The Kier molecular flexibility index (Phi) is 4.16. The number of nitro benzene ring substituents is 1. The second kappa shape index (κ2) is 5.71. The number of phenols is 1. The average molecular weight is 292 g/mol. The highest BCUT2D eigenvalue weighted by molar-refractivity contribution is 5.95. The van der Waals surface area contributed by atoms with Crippen molar-refractivity contribution >= 4 is 11.6 Å². The van der Waals surface area contributed by atoms with E-state index in [4.69, 9.17) is 0 Å². The highest BCUT2D eigenvalue weighted by atomic mass is 16.6. The summed E-state index contributed by atoms with van der Waals surface area (Å²) in [5.41, 5.74) is -0.105. The summed E-state index contributed by atoms with van der Waals surface area (Å²) in [6.45, 7) is 6.91. The topological polar surface area (TPSA) is 83.7 Å². The van der Waals surface area contributed by atoms with E-state index >= 15 is 0 Å². The molecule has 0 spiro atoms. The smallest absolute Gasteiger partial charge is 0.310 e. The van der Waals surface area contributed by atoms with Crippen molar-refractivity contribution in [1.82, 2.24) is 4.90 Å². The van der Waals surface area contributed by atoms with Gasteiger partial charge in [0, 0.05) is 24.2 Å². The number of nitrogens with zero attached hydrogens (tertiary/aromatic N) is 2. The molecule has 1 saturated heterocycles. The molecule has 6 nitrogen and oxygen atoms in total. The molecule has 0 aromatic heterocycles. The van der Waals surface area contributed by atoms with Crippen LogP contribution in [0.15, 0.2) is 18.2 Å². The van der Waals surface area contributed by atoms with Crippen LogP contribution in [0.5, 0.6) is 5.75 Å². The number of likely N-dealkylation sites (tertiary alicyclic amines) is 1. The summed E-state index contributed by atoms with van der Waals surface area (Å²) in [7, 11) is 0. The number of benzene rings is 1. The van der Waals surface area contributed by atoms with E-state index in [1.165, 1.54) is 18.2 Å². The molecule has 1 aliphatic heterocycles. The minimum atomic E-state index is -0.669. The zero-order valence-corrected chi connectivity index (χ0v) is 12.4. The highest BCUT2D eigenvalue weighted by Crippen LogP contribution is 2.30. The second-order valence-corrected chi connectivity index (χ2v) is 5.98. The maximum atomic E-state index is 12.6. The van der Waals surface area contributed by atoms with Gasteiger partial charge in [-0.25, -0.2) is 0 Å². The summed E-state index contributed by atoms with van der Waals surface area (Å²) in [5.74, 6) is 0.166. The molecule has 1 N–H and O–H groups in total. The lowest BCUT2D eigenvalue weighted by atomic mass is 9.85. The van der Waals surface area contributed by atoms with E-state index in [0.717, 1.165) is 6.42 Å². The first-order valence-corrected chi connectivity index (χ1v) is 7.09. The minimum Gasteiger partial charge on any atom is -0.502 e. The maximum absolute atomic E-state index is 12.6. The van der Waals surface area contributed by atoms with Crippen LogP contribution in [0.4, 0.5) is 5.69 Å². The lowest BCUT2D eigenvalue weighted by Gasteiger charge is -2.41. The first-order chi connectivity index (χ1) is 9.81. The Morgan fingerprint density at radius 1 is 1.38 bits per heavy atom. The van der Waals surface area contributed by atoms with Crippen LogP contribution in [0.3, 0.4) is 0 Å². The lowest BCUT2D eigenvalue weighted by molar-refractivity contribution is -0.385. The third-order valence-electron chi connectivity index (χ3n) is 4.28. The van der Waals surface area contributed by atoms with E-state index in [1.54, 1.807) is 4.90 Å². The molecule has 1 heterocycles. The van der Waals surface area contributed by atoms with E-state index < -0.39 is 10.7 Å². The molecule has 1 aromatic rings. The first-order valence-electron chi connectivity index (χ1n) is 7.09. The number of hydrogen-bond donors (Lipinski definition) is 1. The van der Waals surface area contributed by atoms with Crippen LogP contribution < -0.4 is 0 Å². The number of rotatable bonds is 2. The molecule has 0 saturated carbocycles. The van der Waals surface area contributed by atoms with Crippen molar-refractivity contribution in [1.29, 1.82) is 0 Å². The second-order valence-electron chi connectivity index (χ2n) is 5.98. The first kappa shape index (κ1) is 15.3. The van der Waals surface area contributed by atoms with Gasteiger partial charge in [-0.2, -0.15) is 0 Å². The van der Waals surface area contributed by atoms with Gasteiger partial charge in [0.05, 0.1) is 4.92 Å². The van der Waals surface area contributed by atoms with Gasteiger partial charge in [-0.3, -0.25) is 14.9 Å². The largest absolute Gasteiger partial charge is 0.502 e. The van der Waals surface area contributed by atoms with Gasteiger partial charge in [-0.15, -0.1) is 0 Å². The molecule has 114 valence electrons. The fourth-order valence-corrected chi connectivity index (χ4v) is 2.96. The molecule has 2 rings (SSSR count). The van der Waals surface area contributed by atoms with Gasteiger partial charge < -0.3 is 10.0 Å². The van der Waals surface area contributed by atoms with Crippen LogP contribution in [-0.2, 0) is 0 Å². The van der Waals surface area contributed by atoms with E-state index in [9.17, 15) is 20.0 Å². The number of amides is 1. The van der Waals surface area contributed by atoms with Gasteiger partial charge in [-0.1, -0.05) is 13.8 Å². The number of piperidine rings is 1. The average Bonchev–Trinajstić information content (AvgIpc) is 2.41. The minimum absolute atomic E-state index is 0.117. The van der Waals surface area contributed by atoms with E-state index in [0.29, 0.717) is 18.4 Å². The van der Waals surface area contributed by atoms with Gasteiger partial charge in [0.15, 0.2) is 5.75 Å². The van der Waals surface area contributed by atoms with Crippen LogP contribution in [0.2, 0.25) is 0 Å². The normalized spacial score (nSPS) is 25.7. The number of phenolic OH excluding ortho intramolecular Hbond substituents is 1. The summed E-state index contributed by atoms with van der Waals surface area (Å²) in [6, 6.07) is 3.86. The Balaban J connectivity index is 2.27. The summed E-state index contributed by atoms with van der Waals surface area (Å²) in [5, 5.41) is 20.4. The van der Waals surface area contributed by atoms with E-state index in [1.807, 2.05) is 6.92 Å². The number of aromatic hydroxyl groups is 1. The molecular weight excluding hydrogens is 272 g/mol. The van der Waals surface area contributed by atoms with Crippen LogP contribution in [0.25, 0.3) is 0 Å². The zero-order chi connectivity index (χ0) is 15.7. The number of hydrogen-bond acceptors (Lipinski definition) is 4. The quantitative estimate of drug-likeness (QED) is 0.671. The van der Waals surface area contributed by atoms with Crippen molar-refractivity contribution in [2.45, 2.75) is 33.2 Å². The van der Waals surface area contributed by atoms with Crippen molar-refractivity contribution in [3.63, 3.8) is 0 Å². The summed E-state index contributed by atoms with van der Waals surface area (Å²) < 4.78 is 0. The molecule has 0 aliphatic carbocycles. The van der Waals surface area contributed by atoms with Crippen molar-refractivity contribution in [3.05, 3.63) is 33.9 Å². The Morgan fingerprint density at radius 2 is 2.05 bits per heavy atom. The zero-order valence-electron chi connectivity index (χ0n) is 12.4. The molecule has 21 heavy (non-hydrogen) atoms. The lowest BCUT2D eigenvalue weighted by Crippen LogP contribution is -2.48. The highest BCUT2D eigenvalue weighted by Gasteiger charge is 2.32. The monoisotopic (exact) mass is 292 g/mol. The molecule has 0 bridgehead atoms. The van der Waals surface area contributed by atoms with Crippen molar-refractivity contribution < 1.29 is 14.8 Å². The van der Waals surface area contributed by atoms with Crippen LogP contribution in [-0.4, -0.2) is 33.4 Å². The summed E-state index contributed by atoms with van der Waals surface area (Å²) in [4.78, 5) is 24.4. The fraction of sp³-hybridized carbons (Fsp3) is 0.533. The van der Waals surface area contributed by atoms with Crippen molar-refractivity contribution in [2.24, 2.45) is 11.8 Å².